The minimum atomic E-state index is -0.0606. The van der Waals surface area contributed by atoms with Gasteiger partial charge in [-0.1, -0.05) is 41.9 Å². The molecule has 2 aromatic carbocycles. The van der Waals surface area contributed by atoms with Gasteiger partial charge in [-0.15, -0.1) is 0 Å². The lowest BCUT2D eigenvalue weighted by atomic mass is 9.97. The number of carbonyl (C=O) groups is 1. The van der Waals surface area contributed by atoms with E-state index in [1.807, 2.05) is 48.5 Å². The summed E-state index contributed by atoms with van der Waals surface area (Å²) in [5, 5.41) is 3.70. The largest absolute Gasteiger partial charge is 0.355 e. The van der Waals surface area contributed by atoms with E-state index in [9.17, 15) is 4.79 Å². The van der Waals surface area contributed by atoms with E-state index in [1.165, 1.54) is 0 Å². The molecule has 1 aliphatic rings. The molecular formula is C21H21ClN4O. The molecule has 1 saturated heterocycles. The van der Waals surface area contributed by atoms with Crippen molar-refractivity contribution in [3.8, 4) is 0 Å². The molecule has 1 aromatic heterocycles. The predicted octanol–water partition coefficient (Wildman–Crippen LogP) is 3.82. The summed E-state index contributed by atoms with van der Waals surface area (Å²) in [5.74, 6) is 0.833. The first-order valence-electron chi connectivity index (χ1n) is 9.18. The van der Waals surface area contributed by atoms with Crippen LogP contribution in [-0.2, 0) is 11.3 Å². The van der Waals surface area contributed by atoms with E-state index in [2.05, 4.69) is 15.2 Å². The van der Waals surface area contributed by atoms with Crippen LogP contribution in [0, 0.1) is 5.92 Å². The molecule has 4 rings (SSSR count). The first-order chi connectivity index (χ1) is 13.2. The Labute approximate surface area is 163 Å². The van der Waals surface area contributed by atoms with Crippen LogP contribution >= 0.6 is 11.6 Å². The monoisotopic (exact) mass is 380 g/mol. The van der Waals surface area contributed by atoms with Gasteiger partial charge in [0.25, 0.3) is 0 Å². The topological polar surface area (TPSA) is 58.1 Å². The number of nitrogens with one attached hydrogen (secondary N) is 1. The summed E-state index contributed by atoms with van der Waals surface area (Å²) in [7, 11) is 0. The second-order valence-electron chi connectivity index (χ2n) is 6.81. The maximum absolute atomic E-state index is 12.7. The average molecular weight is 381 g/mol. The van der Waals surface area contributed by atoms with E-state index in [4.69, 9.17) is 16.6 Å². The van der Waals surface area contributed by atoms with Gasteiger partial charge in [0.05, 0.1) is 23.1 Å². The lowest BCUT2D eigenvalue weighted by molar-refractivity contribution is -0.125. The quantitative estimate of drug-likeness (QED) is 0.747. The zero-order valence-electron chi connectivity index (χ0n) is 14.9. The van der Waals surface area contributed by atoms with E-state index in [-0.39, 0.29) is 11.8 Å². The third kappa shape index (κ3) is 4.03. The molecule has 1 atom stereocenters. The van der Waals surface area contributed by atoms with Gasteiger partial charge >= 0.3 is 0 Å². The predicted molar refractivity (Wildman–Crippen MR) is 108 cm³/mol. The number of benzene rings is 2. The third-order valence-electron chi connectivity index (χ3n) is 4.96. The molecule has 6 heteroatoms. The zero-order valence-corrected chi connectivity index (χ0v) is 15.7. The minimum Gasteiger partial charge on any atom is -0.355 e. The minimum absolute atomic E-state index is 0.0606. The number of halogens is 1. The van der Waals surface area contributed by atoms with Crippen molar-refractivity contribution in [3.05, 3.63) is 65.3 Å². The standard InChI is InChI=1S/C21H21ClN4O/c22-17-8-2-1-6-15(17)12-24-21(27)16-7-5-11-26(14-16)20-13-23-18-9-3-4-10-19(18)25-20/h1-4,6,8-10,13,16H,5,7,11-12,14H2,(H,24,27)/t16-/m1/s1. The molecule has 0 aliphatic carbocycles. The number of para-hydroxylation sites is 2. The molecule has 0 saturated carbocycles. The number of piperidine rings is 1. The molecule has 5 nitrogen and oxygen atoms in total. The molecule has 3 aromatic rings. The first-order valence-corrected chi connectivity index (χ1v) is 9.56. The van der Waals surface area contributed by atoms with Gasteiger partial charge in [0, 0.05) is 24.7 Å². The Morgan fingerprint density at radius 2 is 1.93 bits per heavy atom. The lowest BCUT2D eigenvalue weighted by Gasteiger charge is -2.32. The maximum Gasteiger partial charge on any atom is 0.225 e. The van der Waals surface area contributed by atoms with Gasteiger partial charge in [-0.2, -0.15) is 0 Å². The fourth-order valence-electron chi connectivity index (χ4n) is 3.47. The van der Waals surface area contributed by atoms with Gasteiger partial charge < -0.3 is 10.2 Å². The van der Waals surface area contributed by atoms with E-state index in [0.29, 0.717) is 18.1 Å². The van der Waals surface area contributed by atoms with Crippen LogP contribution in [0.25, 0.3) is 11.0 Å². The lowest BCUT2D eigenvalue weighted by Crippen LogP contribution is -2.43. The van der Waals surface area contributed by atoms with Gasteiger partial charge in [0.2, 0.25) is 5.91 Å². The van der Waals surface area contributed by atoms with Gasteiger partial charge in [-0.05, 0) is 36.6 Å². The molecule has 0 radical (unpaired) electrons. The second kappa shape index (κ2) is 7.92. The smallest absolute Gasteiger partial charge is 0.225 e. The summed E-state index contributed by atoms with van der Waals surface area (Å²) in [5.41, 5.74) is 2.69. The van der Waals surface area contributed by atoms with E-state index < -0.39 is 0 Å². The Balaban J connectivity index is 1.42. The zero-order chi connectivity index (χ0) is 18.6. The molecule has 138 valence electrons. The average Bonchev–Trinajstić information content (AvgIpc) is 2.72. The first kappa shape index (κ1) is 17.7. The van der Waals surface area contributed by atoms with Crippen LogP contribution < -0.4 is 10.2 Å². The molecule has 2 heterocycles. The molecule has 1 fully saturated rings. The summed E-state index contributed by atoms with van der Waals surface area (Å²) < 4.78 is 0. The Hall–Kier alpha value is -2.66. The van der Waals surface area contributed by atoms with Gasteiger partial charge in [0.15, 0.2) is 0 Å². The highest BCUT2D eigenvalue weighted by Gasteiger charge is 2.26. The highest BCUT2D eigenvalue weighted by atomic mass is 35.5. The highest BCUT2D eigenvalue weighted by molar-refractivity contribution is 6.31. The number of hydrogen-bond acceptors (Lipinski definition) is 4. The Kier molecular flexibility index (Phi) is 5.21. The number of carbonyl (C=O) groups excluding carboxylic acids is 1. The van der Waals surface area contributed by atoms with Crippen molar-refractivity contribution in [1.29, 1.82) is 0 Å². The third-order valence-corrected chi connectivity index (χ3v) is 5.33. The molecule has 27 heavy (non-hydrogen) atoms. The summed E-state index contributed by atoms with van der Waals surface area (Å²) in [6.07, 6.45) is 3.64. The number of anilines is 1. The van der Waals surface area contributed by atoms with E-state index in [0.717, 1.165) is 41.8 Å². The van der Waals surface area contributed by atoms with Crippen molar-refractivity contribution in [2.45, 2.75) is 19.4 Å². The fourth-order valence-corrected chi connectivity index (χ4v) is 3.67. The van der Waals surface area contributed by atoms with Crippen molar-refractivity contribution in [3.63, 3.8) is 0 Å². The van der Waals surface area contributed by atoms with Crippen LogP contribution in [0.2, 0.25) is 5.02 Å². The molecule has 0 spiro atoms. The van der Waals surface area contributed by atoms with Crippen molar-refractivity contribution in [2.24, 2.45) is 5.92 Å². The number of aromatic nitrogens is 2. The Morgan fingerprint density at radius 3 is 2.78 bits per heavy atom. The van der Waals surface area contributed by atoms with Crippen molar-refractivity contribution in [2.75, 3.05) is 18.0 Å². The van der Waals surface area contributed by atoms with Crippen molar-refractivity contribution in [1.82, 2.24) is 15.3 Å². The van der Waals surface area contributed by atoms with Crippen LogP contribution in [-0.4, -0.2) is 29.0 Å². The summed E-state index contributed by atoms with van der Waals surface area (Å²) in [6, 6.07) is 15.4. The summed E-state index contributed by atoms with van der Waals surface area (Å²) in [4.78, 5) is 24.0. The molecule has 1 N–H and O–H groups in total. The summed E-state index contributed by atoms with van der Waals surface area (Å²) in [6.45, 7) is 1.99. The molecule has 1 amide bonds. The van der Waals surface area contributed by atoms with Crippen molar-refractivity contribution >= 4 is 34.4 Å². The van der Waals surface area contributed by atoms with Crippen LogP contribution in [0.5, 0.6) is 0 Å². The number of nitrogens with zero attached hydrogens (tertiary/aromatic N) is 3. The van der Waals surface area contributed by atoms with Crippen molar-refractivity contribution < 1.29 is 4.79 Å². The number of hydrogen-bond donors (Lipinski definition) is 1. The Bertz CT molecular complexity index is 962. The van der Waals surface area contributed by atoms with Crippen LogP contribution in [0.15, 0.2) is 54.7 Å². The van der Waals surface area contributed by atoms with Gasteiger partial charge in [-0.25, -0.2) is 4.98 Å². The number of fused-ring (bicyclic) bond motifs is 1. The molecule has 0 unspecified atom stereocenters. The molecule has 1 aliphatic heterocycles. The molecular weight excluding hydrogens is 360 g/mol. The second-order valence-corrected chi connectivity index (χ2v) is 7.22. The maximum atomic E-state index is 12.7. The Morgan fingerprint density at radius 1 is 1.15 bits per heavy atom. The van der Waals surface area contributed by atoms with Crippen LogP contribution in [0.1, 0.15) is 18.4 Å². The van der Waals surface area contributed by atoms with Crippen LogP contribution in [0.3, 0.4) is 0 Å². The fraction of sp³-hybridized carbons (Fsp3) is 0.286. The van der Waals surface area contributed by atoms with Crippen LogP contribution in [0.4, 0.5) is 5.82 Å². The SMILES string of the molecule is O=C(NCc1ccccc1Cl)[C@@H]1CCCN(c2cnc3ccccc3n2)C1. The normalized spacial score (nSPS) is 17.1. The van der Waals surface area contributed by atoms with Gasteiger partial charge in [-0.3, -0.25) is 9.78 Å². The highest BCUT2D eigenvalue weighted by Crippen LogP contribution is 2.23. The summed E-state index contributed by atoms with van der Waals surface area (Å²) >= 11 is 6.17. The van der Waals surface area contributed by atoms with E-state index >= 15 is 0 Å². The molecule has 0 bridgehead atoms. The number of amides is 1. The van der Waals surface area contributed by atoms with E-state index in [1.54, 1.807) is 6.20 Å². The number of rotatable bonds is 4. The van der Waals surface area contributed by atoms with Gasteiger partial charge in [0.1, 0.15) is 5.82 Å².